The quantitative estimate of drug-likeness (QED) is 0.941. The van der Waals surface area contributed by atoms with Crippen LogP contribution in [-0.2, 0) is 11.2 Å². The Morgan fingerprint density at radius 3 is 3.00 bits per heavy atom. The van der Waals surface area contributed by atoms with Gasteiger partial charge in [0.1, 0.15) is 5.69 Å². The van der Waals surface area contributed by atoms with Crippen LogP contribution in [-0.4, -0.2) is 17.1 Å². The third-order valence-electron chi connectivity index (χ3n) is 4.49. The van der Waals surface area contributed by atoms with Gasteiger partial charge in [0.05, 0.1) is 6.42 Å². The molecule has 112 valence electrons. The number of carbonyl (C=O) groups is 1. The van der Waals surface area contributed by atoms with E-state index in [-0.39, 0.29) is 5.91 Å². The van der Waals surface area contributed by atoms with Gasteiger partial charge in [-0.2, -0.15) is 0 Å². The average Bonchev–Trinajstić information content (AvgIpc) is 2.84. The Morgan fingerprint density at radius 1 is 1.38 bits per heavy atom. The Balaban J connectivity index is 1.70. The second-order valence-corrected chi connectivity index (χ2v) is 6.24. The zero-order valence-electron chi connectivity index (χ0n) is 12.7. The lowest BCUT2D eigenvalue weighted by Crippen LogP contribution is -2.41. The van der Waals surface area contributed by atoms with E-state index in [1.807, 2.05) is 25.1 Å². The van der Waals surface area contributed by atoms with Crippen molar-refractivity contribution in [3.05, 3.63) is 29.5 Å². The molecule has 1 aliphatic rings. The fourth-order valence-electron chi connectivity index (χ4n) is 3.17. The summed E-state index contributed by atoms with van der Waals surface area (Å²) in [7, 11) is 0. The van der Waals surface area contributed by atoms with Crippen LogP contribution in [0.4, 0.5) is 0 Å². The Labute approximate surface area is 124 Å². The standard InChI is InChI=1S/C17H22N2O2/c1-11-7-8-16-13(9-11)15(19-21-16)10-17(20)18-14-6-4-3-5-12(14)2/h7-9,12,14H,3-6,10H2,1-2H3,(H,18,20)/t12-,14+/m0/s1. The van der Waals surface area contributed by atoms with Crippen molar-refractivity contribution >= 4 is 16.9 Å². The van der Waals surface area contributed by atoms with Gasteiger partial charge in [-0.15, -0.1) is 0 Å². The van der Waals surface area contributed by atoms with E-state index in [1.54, 1.807) is 0 Å². The molecule has 1 amide bonds. The van der Waals surface area contributed by atoms with Gasteiger partial charge in [-0.05, 0) is 37.8 Å². The van der Waals surface area contributed by atoms with Gasteiger partial charge in [0.2, 0.25) is 5.91 Å². The van der Waals surface area contributed by atoms with Crippen LogP contribution in [0.2, 0.25) is 0 Å². The van der Waals surface area contributed by atoms with E-state index in [0.717, 1.165) is 28.6 Å². The SMILES string of the molecule is Cc1ccc2onc(CC(=O)N[C@@H]3CCCC[C@@H]3C)c2c1. The molecule has 1 saturated carbocycles. The topological polar surface area (TPSA) is 55.1 Å². The molecule has 4 nitrogen and oxygen atoms in total. The Kier molecular flexibility index (Phi) is 3.95. The molecular formula is C17H22N2O2. The molecule has 21 heavy (non-hydrogen) atoms. The molecule has 2 atom stereocenters. The van der Waals surface area contributed by atoms with Crippen molar-refractivity contribution in [2.45, 2.75) is 52.0 Å². The van der Waals surface area contributed by atoms with Crippen molar-refractivity contribution in [3.63, 3.8) is 0 Å². The zero-order valence-corrected chi connectivity index (χ0v) is 12.7. The Bertz CT molecular complexity index is 647. The van der Waals surface area contributed by atoms with Crippen LogP contribution in [0.3, 0.4) is 0 Å². The summed E-state index contributed by atoms with van der Waals surface area (Å²) in [5.74, 6) is 0.615. The van der Waals surface area contributed by atoms with Gasteiger partial charge >= 0.3 is 0 Å². The second kappa shape index (κ2) is 5.88. The molecule has 1 N–H and O–H groups in total. The minimum Gasteiger partial charge on any atom is -0.356 e. The third-order valence-corrected chi connectivity index (χ3v) is 4.49. The lowest BCUT2D eigenvalue weighted by atomic mass is 9.86. The highest BCUT2D eigenvalue weighted by molar-refractivity contribution is 5.86. The molecule has 3 rings (SSSR count). The lowest BCUT2D eigenvalue weighted by molar-refractivity contribution is -0.121. The number of fused-ring (bicyclic) bond motifs is 1. The Hall–Kier alpha value is -1.84. The normalized spacial score (nSPS) is 22.4. The molecule has 0 bridgehead atoms. The molecule has 0 saturated heterocycles. The first-order valence-electron chi connectivity index (χ1n) is 7.78. The number of nitrogens with one attached hydrogen (secondary N) is 1. The summed E-state index contributed by atoms with van der Waals surface area (Å²) < 4.78 is 5.29. The number of nitrogens with zero attached hydrogens (tertiary/aromatic N) is 1. The Morgan fingerprint density at radius 2 is 2.19 bits per heavy atom. The number of rotatable bonds is 3. The first-order valence-corrected chi connectivity index (χ1v) is 7.78. The van der Waals surface area contributed by atoms with Gasteiger partial charge in [-0.1, -0.05) is 36.6 Å². The molecule has 1 aromatic carbocycles. The summed E-state index contributed by atoms with van der Waals surface area (Å²) in [4.78, 5) is 12.3. The van der Waals surface area contributed by atoms with Gasteiger partial charge in [0.25, 0.3) is 0 Å². The smallest absolute Gasteiger partial charge is 0.226 e. The summed E-state index contributed by atoms with van der Waals surface area (Å²) in [5.41, 5.74) is 2.62. The molecule has 4 heteroatoms. The van der Waals surface area contributed by atoms with Crippen molar-refractivity contribution in [1.29, 1.82) is 0 Å². The van der Waals surface area contributed by atoms with Crippen LogP contribution in [0, 0.1) is 12.8 Å². The molecule has 0 spiro atoms. The molecule has 0 unspecified atom stereocenters. The van der Waals surface area contributed by atoms with Crippen molar-refractivity contribution < 1.29 is 9.32 Å². The van der Waals surface area contributed by atoms with Crippen molar-refractivity contribution in [3.8, 4) is 0 Å². The summed E-state index contributed by atoms with van der Waals surface area (Å²) >= 11 is 0. The molecule has 1 aromatic heterocycles. The van der Waals surface area contributed by atoms with E-state index in [0.29, 0.717) is 18.4 Å². The maximum atomic E-state index is 12.3. The molecule has 0 aliphatic heterocycles. The number of hydrogen-bond donors (Lipinski definition) is 1. The maximum absolute atomic E-state index is 12.3. The summed E-state index contributed by atoms with van der Waals surface area (Å²) in [6.45, 7) is 4.25. The first kappa shape index (κ1) is 14.1. The highest BCUT2D eigenvalue weighted by Gasteiger charge is 2.23. The number of amides is 1. The number of aryl methyl sites for hydroxylation is 1. The molecular weight excluding hydrogens is 264 g/mol. The molecule has 0 radical (unpaired) electrons. The first-order chi connectivity index (χ1) is 10.1. The van der Waals surface area contributed by atoms with E-state index in [2.05, 4.69) is 17.4 Å². The number of aromatic nitrogens is 1. The predicted octanol–water partition coefficient (Wildman–Crippen LogP) is 3.37. The van der Waals surface area contributed by atoms with E-state index in [9.17, 15) is 4.79 Å². The van der Waals surface area contributed by atoms with Crippen LogP contribution in [0.5, 0.6) is 0 Å². The minimum atomic E-state index is 0.0467. The highest BCUT2D eigenvalue weighted by atomic mass is 16.5. The van der Waals surface area contributed by atoms with Crippen molar-refractivity contribution in [1.82, 2.24) is 10.5 Å². The summed E-state index contributed by atoms with van der Waals surface area (Å²) in [6, 6.07) is 6.23. The fourth-order valence-corrected chi connectivity index (χ4v) is 3.17. The largest absolute Gasteiger partial charge is 0.356 e. The van der Waals surface area contributed by atoms with Crippen molar-refractivity contribution in [2.24, 2.45) is 5.92 Å². The van der Waals surface area contributed by atoms with E-state index >= 15 is 0 Å². The van der Waals surface area contributed by atoms with Gasteiger partial charge < -0.3 is 9.84 Å². The third kappa shape index (κ3) is 3.09. The number of hydrogen-bond acceptors (Lipinski definition) is 3. The van der Waals surface area contributed by atoms with Crippen LogP contribution in [0.1, 0.15) is 43.9 Å². The predicted molar refractivity (Wildman–Crippen MR) is 82.0 cm³/mol. The lowest BCUT2D eigenvalue weighted by Gasteiger charge is -2.29. The molecule has 1 fully saturated rings. The van der Waals surface area contributed by atoms with Gasteiger partial charge in [0, 0.05) is 11.4 Å². The summed E-state index contributed by atoms with van der Waals surface area (Å²) in [5, 5.41) is 8.16. The fraction of sp³-hybridized carbons (Fsp3) is 0.529. The zero-order chi connectivity index (χ0) is 14.8. The van der Waals surface area contributed by atoms with Gasteiger partial charge in [-0.25, -0.2) is 0 Å². The minimum absolute atomic E-state index is 0.0467. The van der Waals surface area contributed by atoms with Crippen LogP contribution >= 0.6 is 0 Å². The van der Waals surface area contributed by atoms with E-state index < -0.39 is 0 Å². The van der Waals surface area contributed by atoms with Crippen LogP contribution < -0.4 is 5.32 Å². The van der Waals surface area contributed by atoms with Crippen molar-refractivity contribution in [2.75, 3.05) is 0 Å². The van der Waals surface area contributed by atoms with E-state index in [4.69, 9.17) is 4.52 Å². The van der Waals surface area contributed by atoms with Gasteiger partial charge in [0.15, 0.2) is 5.58 Å². The number of carbonyl (C=O) groups excluding carboxylic acids is 1. The maximum Gasteiger partial charge on any atom is 0.226 e. The second-order valence-electron chi connectivity index (χ2n) is 6.24. The van der Waals surface area contributed by atoms with Crippen LogP contribution in [0.15, 0.2) is 22.7 Å². The monoisotopic (exact) mass is 286 g/mol. The number of benzene rings is 1. The van der Waals surface area contributed by atoms with Gasteiger partial charge in [-0.3, -0.25) is 4.79 Å². The van der Waals surface area contributed by atoms with Crippen LogP contribution in [0.25, 0.3) is 11.0 Å². The summed E-state index contributed by atoms with van der Waals surface area (Å²) in [6.07, 6.45) is 5.07. The average molecular weight is 286 g/mol. The molecule has 1 heterocycles. The highest BCUT2D eigenvalue weighted by Crippen LogP contribution is 2.24. The van der Waals surface area contributed by atoms with E-state index in [1.165, 1.54) is 19.3 Å². The molecule has 1 aliphatic carbocycles. The molecule has 2 aromatic rings.